The SMILES string of the molecule is O=C([O-])C[C@@](O)(Cc1ccc(O)cc1)C(=O)O.[Na+]. The zero-order valence-corrected chi connectivity index (χ0v) is 11.8. The van der Waals surface area contributed by atoms with Gasteiger partial charge in [0.1, 0.15) is 5.75 Å². The third kappa shape index (κ3) is 4.66. The molecule has 0 radical (unpaired) electrons. The van der Waals surface area contributed by atoms with Crippen LogP contribution in [0.25, 0.3) is 0 Å². The fourth-order valence-corrected chi connectivity index (χ4v) is 1.40. The maximum Gasteiger partial charge on any atom is 1.00 e. The van der Waals surface area contributed by atoms with Gasteiger partial charge in [0.15, 0.2) is 5.60 Å². The van der Waals surface area contributed by atoms with Crippen LogP contribution in [0.4, 0.5) is 0 Å². The van der Waals surface area contributed by atoms with Crippen LogP contribution in [0.3, 0.4) is 0 Å². The first kappa shape index (κ1) is 16.9. The zero-order chi connectivity index (χ0) is 13.1. The maximum absolute atomic E-state index is 10.8. The molecule has 7 heteroatoms. The van der Waals surface area contributed by atoms with Gasteiger partial charge in [-0.15, -0.1) is 0 Å². The molecule has 0 bridgehead atoms. The second-order valence-electron chi connectivity index (χ2n) is 3.73. The molecule has 1 aromatic rings. The number of aliphatic carboxylic acids is 2. The third-order valence-electron chi connectivity index (χ3n) is 2.27. The van der Waals surface area contributed by atoms with Crippen molar-refractivity contribution in [3.8, 4) is 5.75 Å². The summed E-state index contributed by atoms with van der Waals surface area (Å²) in [4.78, 5) is 21.2. The summed E-state index contributed by atoms with van der Waals surface area (Å²) in [6.45, 7) is 0. The summed E-state index contributed by atoms with van der Waals surface area (Å²) in [5.41, 5.74) is -2.01. The van der Waals surface area contributed by atoms with Gasteiger partial charge in [-0.2, -0.15) is 0 Å². The van der Waals surface area contributed by atoms with Crippen molar-refractivity contribution in [1.29, 1.82) is 0 Å². The van der Waals surface area contributed by atoms with Crippen LogP contribution in [-0.4, -0.2) is 32.9 Å². The smallest absolute Gasteiger partial charge is 0.550 e. The quantitative estimate of drug-likeness (QED) is 0.464. The topological polar surface area (TPSA) is 118 Å². The molecule has 0 saturated carbocycles. The number of carboxylic acid groups (broad SMARTS) is 2. The Morgan fingerprint density at radius 2 is 1.72 bits per heavy atom. The number of rotatable bonds is 5. The van der Waals surface area contributed by atoms with Crippen LogP contribution < -0.4 is 34.7 Å². The van der Waals surface area contributed by atoms with E-state index in [2.05, 4.69) is 0 Å². The second kappa shape index (κ2) is 6.75. The first-order valence-corrected chi connectivity index (χ1v) is 4.77. The Balaban J connectivity index is 0.00000289. The molecule has 0 fully saturated rings. The van der Waals surface area contributed by atoms with Crippen LogP contribution in [0.5, 0.6) is 5.75 Å². The summed E-state index contributed by atoms with van der Waals surface area (Å²) in [5.74, 6) is -3.28. The molecule has 0 aliphatic heterocycles. The van der Waals surface area contributed by atoms with Crippen LogP contribution in [0.1, 0.15) is 12.0 Å². The van der Waals surface area contributed by atoms with Gasteiger partial charge in [-0.25, -0.2) is 4.79 Å². The maximum atomic E-state index is 10.8. The van der Waals surface area contributed by atoms with Crippen molar-refractivity contribution < 1.29 is 59.6 Å². The predicted octanol–water partition coefficient (Wildman–Crippen LogP) is -4.11. The number of phenols is 1. The molecule has 92 valence electrons. The monoisotopic (exact) mass is 262 g/mol. The number of carbonyl (C=O) groups excluding carboxylic acids is 1. The number of carboxylic acids is 2. The van der Waals surface area contributed by atoms with Crippen LogP contribution >= 0.6 is 0 Å². The van der Waals surface area contributed by atoms with Crippen molar-refractivity contribution in [3.05, 3.63) is 29.8 Å². The summed E-state index contributed by atoms with van der Waals surface area (Å²) >= 11 is 0. The van der Waals surface area contributed by atoms with Crippen LogP contribution in [0.15, 0.2) is 24.3 Å². The Hall–Kier alpha value is -1.08. The molecule has 6 nitrogen and oxygen atoms in total. The summed E-state index contributed by atoms with van der Waals surface area (Å²) < 4.78 is 0. The van der Waals surface area contributed by atoms with Gasteiger partial charge >= 0.3 is 35.5 Å². The average Bonchev–Trinajstić information content (AvgIpc) is 2.20. The number of hydrogen-bond acceptors (Lipinski definition) is 5. The fourth-order valence-electron chi connectivity index (χ4n) is 1.40. The molecular formula is C11H11NaO6. The summed E-state index contributed by atoms with van der Waals surface area (Å²) in [5, 5.41) is 37.9. The van der Waals surface area contributed by atoms with Gasteiger partial charge in [-0.05, 0) is 17.7 Å². The van der Waals surface area contributed by atoms with Gasteiger partial charge in [-0.3, -0.25) is 0 Å². The van der Waals surface area contributed by atoms with Crippen molar-refractivity contribution in [1.82, 2.24) is 0 Å². The van der Waals surface area contributed by atoms with E-state index in [1.165, 1.54) is 24.3 Å². The minimum Gasteiger partial charge on any atom is -0.550 e. The Bertz CT molecular complexity index is 430. The molecule has 1 atom stereocenters. The van der Waals surface area contributed by atoms with Crippen LogP contribution in [0.2, 0.25) is 0 Å². The van der Waals surface area contributed by atoms with Crippen molar-refractivity contribution in [2.75, 3.05) is 0 Å². The number of benzene rings is 1. The number of aliphatic hydroxyl groups is 1. The van der Waals surface area contributed by atoms with Crippen molar-refractivity contribution in [2.24, 2.45) is 0 Å². The fraction of sp³-hybridized carbons (Fsp3) is 0.273. The third-order valence-corrected chi connectivity index (χ3v) is 2.27. The molecule has 1 rings (SSSR count). The van der Waals surface area contributed by atoms with Gasteiger partial charge in [0.25, 0.3) is 0 Å². The minimum atomic E-state index is -2.41. The van der Waals surface area contributed by atoms with Gasteiger partial charge in [-0.1, -0.05) is 12.1 Å². The van der Waals surface area contributed by atoms with Crippen molar-refractivity contribution in [2.45, 2.75) is 18.4 Å². The average molecular weight is 262 g/mol. The minimum absolute atomic E-state index is 0. The summed E-state index contributed by atoms with van der Waals surface area (Å²) in [7, 11) is 0. The van der Waals surface area contributed by atoms with E-state index < -0.39 is 24.0 Å². The number of carbonyl (C=O) groups is 2. The van der Waals surface area contributed by atoms with Crippen LogP contribution in [-0.2, 0) is 16.0 Å². The van der Waals surface area contributed by atoms with E-state index in [0.717, 1.165) is 0 Å². The first-order chi connectivity index (χ1) is 7.83. The zero-order valence-electron chi connectivity index (χ0n) is 9.79. The Kier molecular flexibility index (Phi) is 6.34. The number of hydrogen-bond donors (Lipinski definition) is 3. The molecule has 18 heavy (non-hydrogen) atoms. The molecular weight excluding hydrogens is 251 g/mol. The van der Waals surface area contributed by atoms with E-state index >= 15 is 0 Å². The Labute approximate surface area is 125 Å². The summed E-state index contributed by atoms with van der Waals surface area (Å²) in [6, 6.07) is 5.43. The van der Waals surface area contributed by atoms with E-state index in [9.17, 15) is 19.8 Å². The molecule has 0 unspecified atom stereocenters. The van der Waals surface area contributed by atoms with Gasteiger partial charge in [0, 0.05) is 18.8 Å². The van der Waals surface area contributed by atoms with Crippen molar-refractivity contribution in [3.63, 3.8) is 0 Å². The van der Waals surface area contributed by atoms with E-state index in [0.29, 0.717) is 5.56 Å². The molecule has 0 heterocycles. The van der Waals surface area contributed by atoms with Gasteiger partial charge < -0.3 is 25.2 Å². The molecule has 0 aromatic heterocycles. The largest absolute Gasteiger partial charge is 1.00 e. The van der Waals surface area contributed by atoms with E-state index in [1.807, 2.05) is 0 Å². The molecule has 0 spiro atoms. The Morgan fingerprint density at radius 3 is 2.11 bits per heavy atom. The van der Waals surface area contributed by atoms with Crippen LogP contribution in [0, 0.1) is 0 Å². The van der Waals surface area contributed by atoms with Gasteiger partial charge in [0.2, 0.25) is 0 Å². The van der Waals surface area contributed by atoms with Crippen molar-refractivity contribution >= 4 is 11.9 Å². The first-order valence-electron chi connectivity index (χ1n) is 4.77. The van der Waals surface area contributed by atoms with E-state index in [-0.39, 0.29) is 41.7 Å². The van der Waals surface area contributed by atoms with E-state index in [4.69, 9.17) is 10.2 Å². The molecule has 0 saturated heterocycles. The normalized spacial score (nSPS) is 13.2. The second-order valence-corrected chi connectivity index (χ2v) is 3.73. The predicted molar refractivity (Wildman–Crippen MR) is 54.0 cm³/mol. The molecule has 0 amide bonds. The summed E-state index contributed by atoms with van der Waals surface area (Å²) in [6.07, 6.45) is -1.38. The molecule has 1 aromatic carbocycles. The number of phenolic OH excluding ortho intramolecular Hbond substituents is 1. The molecule has 0 aliphatic carbocycles. The molecule has 3 N–H and O–H groups in total. The van der Waals surface area contributed by atoms with Gasteiger partial charge in [0.05, 0.1) is 0 Å². The van der Waals surface area contributed by atoms with E-state index in [1.54, 1.807) is 0 Å². The molecule has 0 aliphatic rings. The Morgan fingerprint density at radius 1 is 1.22 bits per heavy atom. The standard InChI is InChI=1S/C11H12O6.Na/c12-8-3-1-7(2-4-8)5-11(17,10(15)16)6-9(13)14;/h1-4,12,17H,5-6H2,(H,13,14)(H,15,16);/q;+1/p-1/t11-;/m0./s1. The number of aromatic hydroxyl groups is 1.